The van der Waals surface area contributed by atoms with Crippen LogP contribution >= 0.6 is 23.8 Å². The lowest BCUT2D eigenvalue weighted by molar-refractivity contribution is 0.465. The molecule has 1 N–H and O–H groups in total. The molecule has 0 spiro atoms. The van der Waals surface area contributed by atoms with Gasteiger partial charge in [0.05, 0.1) is 11.5 Å². The van der Waals surface area contributed by atoms with Gasteiger partial charge in [0.1, 0.15) is 0 Å². The van der Waals surface area contributed by atoms with Crippen LogP contribution < -0.4 is 0 Å². The van der Waals surface area contributed by atoms with Gasteiger partial charge < -0.3 is 4.42 Å². The van der Waals surface area contributed by atoms with Gasteiger partial charge in [0.15, 0.2) is 9.84 Å². The normalized spacial score (nSPS) is 12.8. The van der Waals surface area contributed by atoms with Crippen molar-refractivity contribution in [3.05, 3.63) is 81.5 Å². The first kappa shape index (κ1) is 18.8. The second-order valence-corrected chi connectivity index (χ2v) is 8.92. The zero-order valence-corrected chi connectivity index (χ0v) is 16.2. The molecule has 1 unspecified atom stereocenters. The molecule has 0 radical (unpaired) electrons. The van der Waals surface area contributed by atoms with E-state index in [0.29, 0.717) is 17.3 Å². The van der Waals surface area contributed by atoms with Gasteiger partial charge in [-0.1, -0.05) is 54.1 Å². The third-order valence-corrected chi connectivity index (χ3v) is 6.04. The summed E-state index contributed by atoms with van der Waals surface area (Å²) in [5, 5.41) is 7.16. The van der Waals surface area contributed by atoms with Gasteiger partial charge in [-0.2, -0.15) is 0 Å². The first-order valence-corrected chi connectivity index (χ1v) is 10.6. The molecule has 0 aliphatic carbocycles. The minimum Gasteiger partial charge on any atom is -0.414 e. The molecule has 2 aromatic carbocycles. The Hall–Kier alpha value is -1.96. The maximum atomic E-state index is 12.7. The Morgan fingerprint density at radius 1 is 1.12 bits per heavy atom. The number of hydrogen-bond acceptors (Lipinski definition) is 5. The fourth-order valence-electron chi connectivity index (χ4n) is 2.76. The molecule has 0 aliphatic rings. The molecule has 1 atom stereocenters. The first-order valence-electron chi connectivity index (χ1n) is 7.95. The van der Waals surface area contributed by atoms with Gasteiger partial charge in [-0.25, -0.2) is 13.5 Å². The summed E-state index contributed by atoms with van der Waals surface area (Å²) in [5.41, 5.74) is 1.62. The van der Waals surface area contributed by atoms with E-state index in [1.165, 1.54) is 0 Å². The van der Waals surface area contributed by atoms with E-state index in [1.54, 1.807) is 24.3 Å². The second kappa shape index (κ2) is 8.16. The summed E-state index contributed by atoms with van der Waals surface area (Å²) < 4.78 is 30.8. The Bertz CT molecular complexity index is 1010. The Kier molecular flexibility index (Phi) is 5.90. The van der Waals surface area contributed by atoms with E-state index in [4.69, 9.17) is 28.2 Å². The molecule has 8 heteroatoms. The average molecular weight is 409 g/mol. The van der Waals surface area contributed by atoms with Crippen LogP contribution in [0.25, 0.3) is 0 Å². The molecule has 0 amide bonds. The van der Waals surface area contributed by atoms with E-state index in [-0.39, 0.29) is 22.3 Å². The summed E-state index contributed by atoms with van der Waals surface area (Å²) in [7, 11) is -3.34. The summed E-state index contributed by atoms with van der Waals surface area (Å²) >= 11 is 10.8. The minimum absolute atomic E-state index is 0.0120. The topological polar surface area (TPSA) is 76.0 Å². The van der Waals surface area contributed by atoms with Crippen molar-refractivity contribution >= 4 is 33.7 Å². The van der Waals surface area contributed by atoms with E-state index in [0.717, 1.165) is 11.1 Å². The zero-order chi connectivity index (χ0) is 18.6. The van der Waals surface area contributed by atoms with Crippen LogP contribution in [-0.2, 0) is 22.0 Å². The Morgan fingerprint density at radius 3 is 2.42 bits per heavy atom. The van der Waals surface area contributed by atoms with E-state index >= 15 is 0 Å². The zero-order valence-electron chi connectivity index (χ0n) is 13.8. The molecule has 0 saturated heterocycles. The first-order chi connectivity index (χ1) is 12.4. The highest BCUT2D eigenvalue weighted by Crippen LogP contribution is 2.25. The van der Waals surface area contributed by atoms with Crippen molar-refractivity contribution in [1.82, 2.24) is 10.2 Å². The number of nitrogens with one attached hydrogen (secondary N) is 1. The van der Waals surface area contributed by atoms with Crippen LogP contribution in [0, 0.1) is 4.84 Å². The number of rotatable bonds is 7. The standard InChI is InChI=1S/C18H17ClN2O3S2/c19-16-8-6-14(7-9-16)15(10-17-20-21-18(25)24-17)12-26(22,23)11-13-4-2-1-3-5-13/h1-9,15H,10-12H2,(H,21,25). The van der Waals surface area contributed by atoms with E-state index in [9.17, 15) is 8.42 Å². The third-order valence-electron chi connectivity index (χ3n) is 3.93. The quantitative estimate of drug-likeness (QED) is 0.589. The van der Waals surface area contributed by atoms with Crippen molar-refractivity contribution in [1.29, 1.82) is 0 Å². The fraction of sp³-hybridized carbons (Fsp3) is 0.222. The number of nitrogens with zero attached hydrogens (tertiary/aromatic N) is 1. The number of halogens is 1. The maximum Gasteiger partial charge on any atom is 0.284 e. The van der Waals surface area contributed by atoms with Crippen LogP contribution in [-0.4, -0.2) is 24.4 Å². The number of hydrogen-bond donors (Lipinski definition) is 1. The van der Waals surface area contributed by atoms with E-state index in [1.807, 2.05) is 30.3 Å². The molecule has 1 heterocycles. The summed E-state index contributed by atoms with van der Waals surface area (Å²) in [4.78, 5) is 0.169. The van der Waals surface area contributed by atoms with Crippen molar-refractivity contribution in [2.75, 3.05) is 5.75 Å². The lowest BCUT2D eigenvalue weighted by Gasteiger charge is -2.16. The third kappa shape index (κ3) is 5.27. The summed E-state index contributed by atoms with van der Waals surface area (Å²) in [6.07, 6.45) is 0.322. The van der Waals surface area contributed by atoms with Crippen molar-refractivity contribution < 1.29 is 12.8 Å². The maximum absolute atomic E-state index is 12.7. The summed E-state index contributed by atoms with van der Waals surface area (Å²) in [5.74, 6) is 0.0212. The highest BCUT2D eigenvalue weighted by molar-refractivity contribution is 7.90. The van der Waals surface area contributed by atoms with Crippen LogP contribution in [0.1, 0.15) is 22.9 Å². The van der Waals surface area contributed by atoms with Crippen LogP contribution in [0.15, 0.2) is 59.0 Å². The van der Waals surface area contributed by atoms with Crippen molar-refractivity contribution in [2.45, 2.75) is 18.1 Å². The average Bonchev–Trinajstić information content (AvgIpc) is 3.00. The number of aromatic nitrogens is 2. The van der Waals surface area contributed by atoms with Gasteiger partial charge in [-0.05, 0) is 35.5 Å². The molecule has 136 valence electrons. The van der Waals surface area contributed by atoms with Gasteiger partial charge in [0.2, 0.25) is 5.89 Å². The van der Waals surface area contributed by atoms with Crippen LogP contribution in [0.2, 0.25) is 5.02 Å². The number of benzene rings is 2. The minimum atomic E-state index is -3.34. The fourth-order valence-corrected chi connectivity index (χ4v) is 4.77. The lowest BCUT2D eigenvalue weighted by Crippen LogP contribution is -2.18. The van der Waals surface area contributed by atoms with Gasteiger partial charge in [-0.15, -0.1) is 5.10 Å². The highest BCUT2D eigenvalue weighted by Gasteiger charge is 2.23. The molecule has 0 fully saturated rings. The van der Waals surface area contributed by atoms with Gasteiger partial charge in [0, 0.05) is 17.4 Å². The number of aromatic amines is 1. The largest absolute Gasteiger partial charge is 0.414 e. The molecular formula is C18H17ClN2O3S2. The molecule has 26 heavy (non-hydrogen) atoms. The van der Waals surface area contributed by atoms with Crippen LogP contribution in [0.5, 0.6) is 0 Å². The SMILES string of the molecule is O=S(=O)(Cc1ccccc1)CC(Cc1n[nH]c(=S)o1)c1ccc(Cl)cc1. The molecule has 0 saturated carbocycles. The number of sulfone groups is 1. The summed E-state index contributed by atoms with van der Waals surface area (Å²) in [6.45, 7) is 0. The number of H-pyrrole nitrogens is 1. The van der Waals surface area contributed by atoms with Crippen LogP contribution in [0.3, 0.4) is 0 Å². The second-order valence-electron chi connectivity index (χ2n) is 6.00. The molecule has 1 aromatic heterocycles. The predicted octanol–water partition coefficient (Wildman–Crippen LogP) is 4.33. The lowest BCUT2D eigenvalue weighted by atomic mass is 9.98. The predicted molar refractivity (Wildman–Crippen MR) is 104 cm³/mol. The smallest absolute Gasteiger partial charge is 0.284 e. The molecule has 5 nitrogen and oxygen atoms in total. The monoisotopic (exact) mass is 408 g/mol. The van der Waals surface area contributed by atoms with E-state index < -0.39 is 9.84 Å². The molecule has 0 bridgehead atoms. The molecule has 3 rings (SSSR count). The molecule has 3 aromatic rings. The van der Waals surface area contributed by atoms with E-state index in [2.05, 4.69) is 10.2 Å². The Morgan fingerprint density at radius 2 is 1.81 bits per heavy atom. The van der Waals surface area contributed by atoms with Crippen molar-refractivity contribution in [2.24, 2.45) is 0 Å². The van der Waals surface area contributed by atoms with Crippen molar-refractivity contribution in [3.8, 4) is 0 Å². The molecular weight excluding hydrogens is 392 g/mol. The Labute approximate surface area is 161 Å². The van der Waals surface area contributed by atoms with Gasteiger partial charge in [0.25, 0.3) is 4.84 Å². The summed E-state index contributed by atoms with van der Waals surface area (Å²) in [6, 6.07) is 16.3. The van der Waals surface area contributed by atoms with Gasteiger partial charge in [-0.3, -0.25) is 0 Å². The van der Waals surface area contributed by atoms with Crippen molar-refractivity contribution in [3.63, 3.8) is 0 Å². The Balaban J connectivity index is 1.84. The van der Waals surface area contributed by atoms with Gasteiger partial charge >= 0.3 is 0 Å². The highest BCUT2D eigenvalue weighted by atomic mass is 35.5. The van der Waals surface area contributed by atoms with Crippen LogP contribution in [0.4, 0.5) is 0 Å². The molecule has 0 aliphatic heterocycles.